The molecule has 0 fully saturated rings. The van der Waals surface area contributed by atoms with Crippen molar-refractivity contribution in [1.82, 2.24) is 0 Å². The van der Waals surface area contributed by atoms with E-state index in [2.05, 4.69) is 178 Å². The number of ether oxygens (including phenoxy) is 1. The third-order valence-electron chi connectivity index (χ3n) is 14.8. The number of benzene rings is 2. The molecule has 0 heterocycles. The molecule has 0 aliphatic carbocycles. The average molecular weight is 886 g/mol. The molecule has 5 nitrogen and oxygen atoms in total. The number of methoxy groups -OCH3 is 1. The Hall–Kier alpha value is -1.15. The maximum absolute atomic E-state index is 7.72. The van der Waals surface area contributed by atoms with E-state index in [9.17, 15) is 0 Å². The highest BCUT2D eigenvalue weighted by molar-refractivity contribution is 6.99. The lowest BCUT2D eigenvalue weighted by Gasteiger charge is -2.46. The molecular formula is C50H92O5Si4. The first kappa shape index (κ1) is 54.0. The van der Waals surface area contributed by atoms with Crippen LogP contribution in [0.5, 0.6) is 0 Å². The van der Waals surface area contributed by atoms with Gasteiger partial charge in [-0.25, -0.2) is 0 Å². The standard InChI is InChI=1S/C50H92O5Si4/c1-18-56(19-2,20-3)53-40-42(11)47(51-17)43(12)49(55-58(24-7,25-8)26-9)44(13)48(54-57(21-4,22-5)23-6)41(10)34-33-39-52-59(50(14,15)16,45-35-29-27-30-36-45)46-37-31-28-32-38-46/h27-32,34-38,42-44,47-49H,18-26,33,39-40H2,1-17H3/b41-34+/t42-,43+,44+,47+,48-,49+/m0/s1. The highest BCUT2D eigenvalue weighted by Gasteiger charge is 2.50. The fourth-order valence-electron chi connectivity index (χ4n) is 10.0. The van der Waals surface area contributed by atoms with Crippen LogP contribution in [-0.4, -0.2) is 71.9 Å². The minimum Gasteiger partial charge on any atom is -0.416 e. The van der Waals surface area contributed by atoms with Gasteiger partial charge in [-0.2, -0.15) is 0 Å². The SMILES string of the molecule is CC[Si](CC)(CC)OC[C@H](C)[C@@H](OC)[C@@H](C)[C@@H](O[Si](CC)(CC)CC)[C@H](C)[C@@H](O[Si](CC)(CC)CC)/C(C)=C/CCO[Si](c1ccccc1)(c1ccccc1)C(C)(C)C. The summed E-state index contributed by atoms with van der Waals surface area (Å²) >= 11 is 0. The number of rotatable bonds is 29. The predicted molar refractivity (Wildman–Crippen MR) is 268 cm³/mol. The van der Waals surface area contributed by atoms with Crippen LogP contribution in [0.25, 0.3) is 0 Å². The Balaban J connectivity index is 2.67. The van der Waals surface area contributed by atoms with Crippen molar-refractivity contribution in [2.45, 2.75) is 195 Å². The molecule has 9 heteroatoms. The first-order valence-electron chi connectivity index (χ1n) is 23.9. The van der Waals surface area contributed by atoms with Gasteiger partial charge in [-0.15, -0.1) is 0 Å². The van der Waals surface area contributed by atoms with Crippen molar-refractivity contribution in [2.24, 2.45) is 17.8 Å². The van der Waals surface area contributed by atoms with Gasteiger partial charge in [0.1, 0.15) is 0 Å². The van der Waals surface area contributed by atoms with Gasteiger partial charge in [-0.1, -0.05) is 171 Å². The van der Waals surface area contributed by atoms with Crippen molar-refractivity contribution in [3.8, 4) is 0 Å². The third kappa shape index (κ3) is 13.4. The van der Waals surface area contributed by atoms with Crippen LogP contribution in [0.1, 0.15) is 117 Å². The molecule has 0 aromatic heterocycles. The van der Waals surface area contributed by atoms with Crippen LogP contribution in [0.15, 0.2) is 72.3 Å². The highest BCUT2D eigenvalue weighted by atomic mass is 28.4. The molecule has 0 amide bonds. The smallest absolute Gasteiger partial charge is 0.261 e. The molecule has 0 saturated carbocycles. The molecule has 0 radical (unpaired) electrons. The average Bonchev–Trinajstić information content (AvgIpc) is 3.26. The maximum Gasteiger partial charge on any atom is 0.261 e. The molecule has 0 bridgehead atoms. The van der Waals surface area contributed by atoms with Crippen molar-refractivity contribution in [1.29, 1.82) is 0 Å². The Kier molecular flexibility index (Phi) is 23.1. The fourth-order valence-corrected chi connectivity index (χ4v) is 23.3. The first-order valence-corrected chi connectivity index (χ1v) is 33.4. The lowest BCUT2D eigenvalue weighted by atomic mass is 9.81. The normalized spacial score (nSPS) is 16.7. The van der Waals surface area contributed by atoms with Crippen LogP contribution in [0.3, 0.4) is 0 Å². The summed E-state index contributed by atoms with van der Waals surface area (Å²) in [5, 5.41) is 2.58. The van der Waals surface area contributed by atoms with Gasteiger partial charge in [0.2, 0.25) is 0 Å². The topological polar surface area (TPSA) is 46.2 Å². The monoisotopic (exact) mass is 885 g/mol. The quantitative estimate of drug-likeness (QED) is 0.0463. The molecule has 0 aliphatic rings. The van der Waals surface area contributed by atoms with Crippen molar-refractivity contribution >= 4 is 43.6 Å². The Morgan fingerprint density at radius 1 is 0.576 bits per heavy atom. The lowest BCUT2D eigenvalue weighted by molar-refractivity contribution is -0.0656. The zero-order valence-corrected chi connectivity index (χ0v) is 45.3. The second-order valence-corrected chi connectivity index (χ2v) is 37.3. The first-order chi connectivity index (χ1) is 28.0. The van der Waals surface area contributed by atoms with E-state index in [1.54, 1.807) is 0 Å². The largest absolute Gasteiger partial charge is 0.416 e. The Bertz CT molecular complexity index is 1390. The molecule has 2 aromatic rings. The van der Waals surface area contributed by atoms with Gasteiger partial charge in [0.15, 0.2) is 25.0 Å². The highest BCUT2D eigenvalue weighted by Crippen LogP contribution is 2.40. The van der Waals surface area contributed by atoms with Gasteiger partial charge in [-0.05, 0) is 88.7 Å². The molecule has 0 unspecified atom stereocenters. The Morgan fingerprint density at radius 2 is 1.00 bits per heavy atom. The molecule has 0 N–H and O–H groups in total. The van der Waals surface area contributed by atoms with Gasteiger partial charge in [-0.3, -0.25) is 0 Å². The molecule has 338 valence electrons. The van der Waals surface area contributed by atoms with E-state index in [4.69, 9.17) is 22.4 Å². The van der Waals surface area contributed by atoms with Crippen LogP contribution in [0, 0.1) is 17.8 Å². The van der Waals surface area contributed by atoms with Crippen LogP contribution < -0.4 is 10.4 Å². The van der Waals surface area contributed by atoms with Gasteiger partial charge in [0, 0.05) is 38.1 Å². The van der Waals surface area contributed by atoms with Crippen molar-refractivity contribution in [2.75, 3.05) is 20.3 Å². The zero-order valence-electron chi connectivity index (χ0n) is 41.3. The van der Waals surface area contributed by atoms with Gasteiger partial charge < -0.3 is 22.4 Å². The summed E-state index contributed by atoms with van der Waals surface area (Å²) in [6.45, 7) is 39.1. The molecule has 0 saturated heterocycles. The van der Waals surface area contributed by atoms with E-state index in [-0.39, 0.29) is 41.1 Å². The van der Waals surface area contributed by atoms with Gasteiger partial charge in [0.05, 0.1) is 18.3 Å². The Labute approximate surface area is 369 Å². The van der Waals surface area contributed by atoms with E-state index in [1.165, 1.54) is 15.9 Å². The van der Waals surface area contributed by atoms with Gasteiger partial charge in [0.25, 0.3) is 8.32 Å². The molecule has 59 heavy (non-hydrogen) atoms. The summed E-state index contributed by atoms with van der Waals surface area (Å²) in [5.41, 5.74) is 1.31. The third-order valence-corrected chi connectivity index (χ3v) is 33.8. The van der Waals surface area contributed by atoms with Crippen molar-refractivity contribution in [3.05, 3.63) is 72.3 Å². The number of hydrogen-bond donors (Lipinski definition) is 0. The molecule has 0 spiro atoms. The van der Waals surface area contributed by atoms with Crippen molar-refractivity contribution < 1.29 is 22.4 Å². The minimum atomic E-state index is -2.64. The van der Waals surface area contributed by atoms with Crippen LogP contribution >= 0.6 is 0 Å². The zero-order chi connectivity index (χ0) is 44.5. The molecule has 2 aromatic carbocycles. The second kappa shape index (κ2) is 25.2. The lowest BCUT2D eigenvalue weighted by Crippen LogP contribution is -2.66. The van der Waals surface area contributed by atoms with Crippen LogP contribution in [-0.2, 0) is 22.4 Å². The second-order valence-electron chi connectivity index (χ2n) is 18.8. The summed E-state index contributed by atoms with van der Waals surface area (Å²) < 4.78 is 36.2. The van der Waals surface area contributed by atoms with Crippen molar-refractivity contribution in [3.63, 3.8) is 0 Å². The van der Waals surface area contributed by atoms with Crippen LogP contribution in [0.2, 0.25) is 59.4 Å². The summed E-state index contributed by atoms with van der Waals surface area (Å²) in [7, 11) is -6.52. The van der Waals surface area contributed by atoms with E-state index in [0.717, 1.165) is 67.4 Å². The maximum atomic E-state index is 7.72. The number of hydrogen-bond acceptors (Lipinski definition) is 5. The summed E-state index contributed by atoms with van der Waals surface area (Å²) in [6, 6.07) is 32.2. The molecule has 2 rings (SSSR count). The summed E-state index contributed by atoms with van der Waals surface area (Å²) in [6.07, 6.45) is 3.21. The summed E-state index contributed by atoms with van der Waals surface area (Å²) in [4.78, 5) is 0. The van der Waals surface area contributed by atoms with Gasteiger partial charge >= 0.3 is 0 Å². The molecular weight excluding hydrogens is 793 g/mol. The van der Waals surface area contributed by atoms with E-state index < -0.39 is 33.3 Å². The minimum absolute atomic E-state index is 0.00676. The summed E-state index contributed by atoms with van der Waals surface area (Å²) in [5.74, 6) is 0.535. The predicted octanol–water partition coefficient (Wildman–Crippen LogP) is 13.6. The fraction of sp³-hybridized carbons (Fsp3) is 0.720. The van der Waals surface area contributed by atoms with E-state index in [0.29, 0.717) is 6.61 Å². The Morgan fingerprint density at radius 3 is 1.39 bits per heavy atom. The molecule has 6 atom stereocenters. The van der Waals surface area contributed by atoms with Crippen LogP contribution in [0.4, 0.5) is 0 Å². The molecule has 0 aliphatic heterocycles. The van der Waals surface area contributed by atoms with E-state index >= 15 is 0 Å². The van der Waals surface area contributed by atoms with E-state index in [1.807, 2.05) is 7.11 Å².